The molecular formula is C8H19NS2. The number of hydrogen-bond acceptors (Lipinski definition) is 3. The van der Waals surface area contributed by atoms with Crippen LogP contribution in [0.2, 0.25) is 0 Å². The molecule has 0 bridgehead atoms. The molecule has 0 rings (SSSR count). The fourth-order valence-corrected chi connectivity index (χ4v) is 1.37. The van der Waals surface area contributed by atoms with Gasteiger partial charge in [-0.1, -0.05) is 25.7 Å². The van der Waals surface area contributed by atoms with E-state index in [-0.39, 0.29) is 4.58 Å². The fraction of sp³-hybridized carbons (Fsp3) is 1.00. The molecule has 0 aromatic carbocycles. The first kappa shape index (κ1) is 11.7. The van der Waals surface area contributed by atoms with Gasteiger partial charge in [-0.15, -0.1) is 0 Å². The summed E-state index contributed by atoms with van der Waals surface area (Å²) in [6.07, 6.45) is 7.44. The molecule has 0 aromatic heterocycles. The van der Waals surface area contributed by atoms with Gasteiger partial charge in [-0.3, -0.25) is 0 Å². The number of hydrogen-bond donors (Lipinski definition) is 3. The second-order valence-corrected chi connectivity index (χ2v) is 4.48. The number of thiol groups is 2. The minimum Gasteiger partial charge on any atom is -0.330 e. The van der Waals surface area contributed by atoms with Crippen molar-refractivity contribution in [3.8, 4) is 0 Å². The Morgan fingerprint density at radius 1 is 0.909 bits per heavy atom. The minimum atomic E-state index is 0.268. The van der Waals surface area contributed by atoms with Crippen LogP contribution in [0.15, 0.2) is 0 Å². The molecule has 3 heteroatoms. The molecule has 0 amide bonds. The molecule has 0 saturated heterocycles. The summed E-state index contributed by atoms with van der Waals surface area (Å²) < 4.78 is 0.268. The Bertz CT molecular complexity index is 76.5. The lowest BCUT2D eigenvalue weighted by Crippen LogP contribution is -1.97. The van der Waals surface area contributed by atoms with Crippen LogP contribution in [0.3, 0.4) is 0 Å². The molecule has 0 heterocycles. The van der Waals surface area contributed by atoms with E-state index in [1.54, 1.807) is 0 Å². The van der Waals surface area contributed by atoms with Gasteiger partial charge in [0.2, 0.25) is 0 Å². The quantitative estimate of drug-likeness (QED) is 0.323. The smallest absolute Gasteiger partial charge is 0.0442 e. The van der Waals surface area contributed by atoms with Gasteiger partial charge < -0.3 is 5.73 Å². The molecule has 0 atom stereocenters. The molecule has 0 saturated carbocycles. The third-order valence-electron chi connectivity index (χ3n) is 1.67. The SMILES string of the molecule is NCCCCCCCC(S)S. The Morgan fingerprint density at radius 3 is 2.00 bits per heavy atom. The molecule has 2 N–H and O–H groups in total. The maximum Gasteiger partial charge on any atom is 0.0442 e. The predicted octanol–water partition coefficient (Wildman–Crippen LogP) is 2.47. The zero-order chi connectivity index (χ0) is 8.53. The second-order valence-electron chi connectivity index (χ2n) is 2.83. The Labute approximate surface area is 80.9 Å². The molecule has 0 unspecified atom stereocenters. The van der Waals surface area contributed by atoms with Crippen molar-refractivity contribution in [1.82, 2.24) is 0 Å². The van der Waals surface area contributed by atoms with E-state index in [0.717, 1.165) is 13.0 Å². The lowest BCUT2D eigenvalue weighted by Gasteiger charge is -2.02. The normalized spacial score (nSPS) is 10.9. The summed E-state index contributed by atoms with van der Waals surface area (Å²) in [7, 11) is 0. The molecule has 11 heavy (non-hydrogen) atoms. The molecule has 0 aliphatic carbocycles. The lowest BCUT2D eigenvalue weighted by atomic mass is 10.1. The summed E-state index contributed by atoms with van der Waals surface area (Å²) in [5, 5.41) is 0. The van der Waals surface area contributed by atoms with Crippen LogP contribution >= 0.6 is 25.3 Å². The van der Waals surface area contributed by atoms with E-state index in [9.17, 15) is 0 Å². The highest BCUT2D eigenvalue weighted by atomic mass is 32.2. The van der Waals surface area contributed by atoms with Crippen LogP contribution in [0.4, 0.5) is 0 Å². The maximum atomic E-state index is 5.37. The molecular weight excluding hydrogens is 174 g/mol. The van der Waals surface area contributed by atoms with Crippen LogP contribution in [0.1, 0.15) is 38.5 Å². The van der Waals surface area contributed by atoms with Crippen LogP contribution in [0, 0.1) is 0 Å². The zero-order valence-corrected chi connectivity index (χ0v) is 8.79. The van der Waals surface area contributed by atoms with Crippen LogP contribution in [0.25, 0.3) is 0 Å². The standard InChI is InChI=1S/C8H19NS2/c9-7-5-3-1-2-4-6-8(10)11/h8,10-11H,1-7,9H2. The first-order valence-corrected chi connectivity index (χ1v) is 5.37. The number of rotatable bonds is 7. The Kier molecular flexibility index (Phi) is 9.28. The monoisotopic (exact) mass is 193 g/mol. The predicted molar refractivity (Wildman–Crippen MR) is 58.5 cm³/mol. The van der Waals surface area contributed by atoms with Crippen molar-refractivity contribution < 1.29 is 0 Å². The van der Waals surface area contributed by atoms with Gasteiger partial charge in [0, 0.05) is 4.58 Å². The van der Waals surface area contributed by atoms with Crippen molar-refractivity contribution in [1.29, 1.82) is 0 Å². The summed E-state index contributed by atoms with van der Waals surface area (Å²) in [5.74, 6) is 0. The molecule has 0 aromatic rings. The van der Waals surface area contributed by atoms with Crippen molar-refractivity contribution in [3.63, 3.8) is 0 Å². The highest BCUT2D eigenvalue weighted by Crippen LogP contribution is 2.12. The Balaban J connectivity index is 2.80. The highest BCUT2D eigenvalue weighted by molar-refractivity contribution is 7.99. The van der Waals surface area contributed by atoms with E-state index in [1.165, 1.54) is 32.1 Å². The van der Waals surface area contributed by atoms with E-state index in [4.69, 9.17) is 5.73 Å². The van der Waals surface area contributed by atoms with Gasteiger partial charge in [-0.2, -0.15) is 25.3 Å². The van der Waals surface area contributed by atoms with Crippen molar-refractivity contribution in [2.24, 2.45) is 5.73 Å². The molecule has 1 nitrogen and oxygen atoms in total. The van der Waals surface area contributed by atoms with E-state index in [2.05, 4.69) is 25.3 Å². The fourth-order valence-electron chi connectivity index (χ4n) is 1.00. The van der Waals surface area contributed by atoms with Crippen molar-refractivity contribution in [3.05, 3.63) is 0 Å². The highest BCUT2D eigenvalue weighted by Gasteiger charge is 1.94. The third kappa shape index (κ3) is 10.7. The zero-order valence-electron chi connectivity index (χ0n) is 7.00. The van der Waals surface area contributed by atoms with Gasteiger partial charge in [0.15, 0.2) is 0 Å². The van der Waals surface area contributed by atoms with Crippen molar-refractivity contribution in [2.75, 3.05) is 6.54 Å². The van der Waals surface area contributed by atoms with Crippen LogP contribution in [-0.2, 0) is 0 Å². The van der Waals surface area contributed by atoms with E-state index >= 15 is 0 Å². The van der Waals surface area contributed by atoms with Crippen LogP contribution < -0.4 is 5.73 Å². The average molecular weight is 193 g/mol. The van der Waals surface area contributed by atoms with E-state index in [1.807, 2.05) is 0 Å². The summed E-state index contributed by atoms with van der Waals surface area (Å²) in [4.78, 5) is 0. The average Bonchev–Trinajstić information content (AvgIpc) is 1.96. The molecule has 0 aliphatic heterocycles. The minimum absolute atomic E-state index is 0.268. The number of nitrogens with two attached hydrogens (primary N) is 1. The van der Waals surface area contributed by atoms with Gasteiger partial charge in [-0.05, 0) is 19.4 Å². The van der Waals surface area contributed by atoms with Crippen molar-refractivity contribution >= 4 is 25.3 Å². The first-order chi connectivity index (χ1) is 5.27. The van der Waals surface area contributed by atoms with E-state index < -0.39 is 0 Å². The summed E-state index contributed by atoms with van der Waals surface area (Å²) in [6, 6.07) is 0. The van der Waals surface area contributed by atoms with Crippen LogP contribution in [-0.4, -0.2) is 11.1 Å². The summed E-state index contributed by atoms with van der Waals surface area (Å²) in [6.45, 7) is 0.835. The maximum absolute atomic E-state index is 5.37. The second kappa shape index (κ2) is 8.75. The van der Waals surface area contributed by atoms with Gasteiger partial charge in [0.1, 0.15) is 0 Å². The lowest BCUT2D eigenvalue weighted by molar-refractivity contribution is 0.610. The summed E-state index contributed by atoms with van der Waals surface area (Å²) >= 11 is 8.37. The summed E-state index contributed by atoms with van der Waals surface area (Å²) in [5.41, 5.74) is 5.37. The molecule has 68 valence electrons. The Morgan fingerprint density at radius 2 is 1.45 bits per heavy atom. The van der Waals surface area contributed by atoms with Crippen LogP contribution in [0.5, 0.6) is 0 Å². The number of unbranched alkanes of at least 4 members (excludes halogenated alkanes) is 4. The van der Waals surface area contributed by atoms with Crippen molar-refractivity contribution in [2.45, 2.75) is 43.1 Å². The van der Waals surface area contributed by atoms with Gasteiger partial charge in [0.05, 0.1) is 0 Å². The molecule has 0 aliphatic rings. The molecule has 0 fully saturated rings. The topological polar surface area (TPSA) is 26.0 Å². The Hall–Kier alpha value is 0.660. The first-order valence-electron chi connectivity index (χ1n) is 4.33. The molecule has 0 spiro atoms. The van der Waals surface area contributed by atoms with E-state index in [0.29, 0.717) is 0 Å². The molecule has 0 radical (unpaired) electrons. The van der Waals surface area contributed by atoms with Gasteiger partial charge >= 0.3 is 0 Å². The largest absolute Gasteiger partial charge is 0.330 e. The third-order valence-corrected chi connectivity index (χ3v) is 2.18. The van der Waals surface area contributed by atoms with Gasteiger partial charge in [0.25, 0.3) is 0 Å². The van der Waals surface area contributed by atoms with Gasteiger partial charge in [-0.25, -0.2) is 0 Å².